The summed E-state index contributed by atoms with van der Waals surface area (Å²) < 4.78 is 1.80. The van der Waals surface area contributed by atoms with Gasteiger partial charge < -0.3 is 20.3 Å². The molecular weight excluding hydrogens is 314 g/mol. The summed E-state index contributed by atoms with van der Waals surface area (Å²) in [5, 5.41) is 18.3. The Morgan fingerprint density at radius 1 is 1.43 bits per heavy atom. The Kier molecular flexibility index (Phi) is 4.62. The van der Waals surface area contributed by atoms with Gasteiger partial charge in [-0.2, -0.15) is 0 Å². The van der Waals surface area contributed by atoms with Crippen LogP contribution in [0.3, 0.4) is 0 Å². The van der Waals surface area contributed by atoms with Gasteiger partial charge in [-0.25, -0.2) is 0 Å². The van der Waals surface area contributed by atoms with Crippen molar-refractivity contribution in [3.8, 4) is 0 Å². The average Bonchev–Trinajstić information content (AvgIpc) is 2.72. The third-order valence-corrected chi connectivity index (χ3v) is 4.89. The molecule has 1 aliphatic heterocycles. The molecule has 5 nitrogen and oxygen atoms in total. The lowest BCUT2D eigenvalue weighted by Gasteiger charge is -2.26. The van der Waals surface area contributed by atoms with Gasteiger partial charge in [0.25, 0.3) is 5.91 Å². The van der Waals surface area contributed by atoms with Crippen LogP contribution in [-0.2, 0) is 7.05 Å². The van der Waals surface area contributed by atoms with E-state index < -0.39 is 5.60 Å². The Morgan fingerprint density at radius 2 is 2.26 bits per heavy atom. The molecular formula is C17H22ClN3O2. The van der Waals surface area contributed by atoms with Gasteiger partial charge in [0.2, 0.25) is 0 Å². The Bertz CT molecular complexity index is 718. The zero-order chi connectivity index (χ0) is 16.4. The fourth-order valence-corrected chi connectivity index (χ4v) is 3.52. The molecule has 2 aromatic rings. The van der Waals surface area contributed by atoms with Crippen molar-refractivity contribution in [3.05, 3.63) is 35.0 Å². The quantitative estimate of drug-likeness (QED) is 0.804. The maximum absolute atomic E-state index is 12.5. The highest BCUT2D eigenvalue weighted by Gasteiger charge is 2.29. The molecule has 0 bridgehead atoms. The Balaban J connectivity index is 1.76. The first-order chi connectivity index (χ1) is 11.0. The number of halogens is 1. The van der Waals surface area contributed by atoms with E-state index in [1.54, 1.807) is 4.57 Å². The molecule has 23 heavy (non-hydrogen) atoms. The molecule has 6 heteroatoms. The van der Waals surface area contributed by atoms with E-state index in [0.717, 1.165) is 30.4 Å². The predicted molar refractivity (Wildman–Crippen MR) is 91.9 cm³/mol. The smallest absolute Gasteiger partial charge is 0.268 e. The summed E-state index contributed by atoms with van der Waals surface area (Å²) >= 11 is 6.22. The van der Waals surface area contributed by atoms with E-state index >= 15 is 0 Å². The molecule has 1 atom stereocenters. The van der Waals surface area contributed by atoms with Crippen molar-refractivity contribution in [3.63, 3.8) is 0 Å². The van der Waals surface area contributed by atoms with Gasteiger partial charge in [-0.05, 0) is 44.5 Å². The molecule has 1 saturated heterocycles. The second-order valence-electron chi connectivity index (χ2n) is 6.28. The maximum atomic E-state index is 12.5. The summed E-state index contributed by atoms with van der Waals surface area (Å²) in [5.41, 5.74) is 0.557. The maximum Gasteiger partial charge on any atom is 0.268 e. The van der Waals surface area contributed by atoms with E-state index in [9.17, 15) is 9.90 Å². The van der Waals surface area contributed by atoms with E-state index in [2.05, 4.69) is 10.6 Å². The van der Waals surface area contributed by atoms with Gasteiger partial charge in [-0.3, -0.25) is 4.79 Å². The fourth-order valence-electron chi connectivity index (χ4n) is 3.21. The lowest BCUT2D eigenvalue weighted by atomic mass is 9.95. The lowest BCUT2D eigenvalue weighted by Crippen LogP contribution is -2.43. The number of fused-ring (bicyclic) bond motifs is 1. The summed E-state index contributed by atoms with van der Waals surface area (Å²) in [6.45, 7) is 1.96. The summed E-state index contributed by atoms with van der Waals surface area (Å²) in [6.07, 6.45) is 2.26. The number of aromatic nitrogens is 1. The van der Waals surface area contributed by atoms with Crippen LogP contribution in [0.2, 0.25) is 5.02 Å². The number of aryl methyl sites for hydroxylation is 1. The largest absolute Gasteiger partial charge is 0.388 e. The molecule has 1 aromatic carbocycles. The third-order valence-electron chi connectivity index (χ3n) is 4.58. The van der Waals surface area contributed by atoms with Gasteiger partial charge in [-0.1, -0.05) is 23.7 Å². The van der Waals surface area contributed by atoms with Crippen LogP contribution in [0.25, 0.3) is 10.9 Å². The van der Waals surface area contributed by atoms with Crippen LogP contribution in [0.1, 0.15) is 29.8 Å². The standard InChI is InChI=1S/C17H22ClN3O2/c1-21-14(10-12-4-2-5-13(18)15(12)21)16(22)20-11-17(23)6-3-8-19-9-7-17/h2,4-5,10,19,23H,3,6-9,11H2,1H3,(H,20,22). The molecule has 0 spiro atoms. The van der Waals surface area contributed by atoms with Gasteiger partial charge in [-0.15, -0.1) is 0 Å². The molecule has 1 fully saturated rings. The zero-order valence-electron chi connectivity index (χ0n) is 13.2. The number of nitrogens with zero attached hydrogens (tertiary/aromatic N) is 1. The number of carbonyl (C=O) groups excluding carboxylic acids is 1. The number of carbonyl (C=O) groups is 1. The molecule has 2 heterocycles. The van der Waals surface area contributed by atoms with Crippen LogP contribution in [0, 0.1) is 0 Å². The first-order valence-electron chi connectivity index (χ1n) is 7.95. The van der Waals surface area contributed by atoms with Crippen LogP contribution in [0.5, 0.6) is 0 Å². The van der Waals surface area contributed by atoms with Gasteiger partial charge in [0, 0.05) is 19.0 Å². The van der Waals surface area contributed by atoms with Crippen molar-refractivity contribution in [2.75, 3.05) is 19.6 Å². The van der Waals surface area contributed by atoms with Crippen LogP contribution in [0.15, 0.2) is 24.3 Å². The highest BCUT2D eigenvalue weighted by molar-refractivity contribution is 6.35. The number of rotatable bonds is 3. The number of para-hydroxylation sites is 1. The van der Waals surface area contributed by atoms with Gasteiger partial charge in [0.1, 0.15) is 5.69 Å². The highest BCUT2D eigenvalue weighted by atomic mass is 35.5. The summed E-state index contributed by atoms with van der Waals surface area (Å²) in [7, 11) is 1.83. The molecule has 0 saturated carbocycles. The van der Waals surface area contributed by atoms with Crippen LogP contribution in [0.4, 0.5) is 0 Å². The van der Waals surface area contributed by atoms with E-state index in [-0.39, 0.29) is 12.5 Å². The molecule has 0 aliphatic carbocycles. The van der Waals surface area contributed by atoms with Crippen molar-refractivity contribution in [1.29, 1.82) is 0 Å². The number of benzene rings is 1. The highest BCUT2D eigenvalue weighted by Crippen LogP contribution is 2.26. The molecule has 0 radical (unpaired) electrons. The van der Waals surface area contributed by atoms with Gasteiger partial charge >= 0.3 is 0 Å². The Hall–Kier alpha value is -1.56. The van der Waals surface area contributed by atoms with E-state index in [4.69, 9.17) is 11.6 Å². The van der Waals surface area contributed by atoms with Crippen LogP contribution < -0.4 is 10.6 Å². The van der Waals surface area contributed by atoms with Gasteiger partial charge in [0.05, 0.1) is 16.1 Å². The van der Waals surface area contributed by atoms with E-state index in [1.165, 1.54) is 0 Å². The number of nitrogens with one attached hydrogen (secondary N) is 2. The molecule has 3 rings (SSSR count). The summed E-state index contributed by atoms with van der Waals surface area (Å²) in [5.74, 6) is -0.189. The molecule has 1 unspecified atom stereocenters. The zero-order valence-corrected chi connectivity index (χ0v) is 14.0. The second kappa shape index (κ2) is 6.51. The van der Waals surface area contributed by atoms with Crippen molar-refractivity contribution in [1.82, 2.24) is 15.2 Å². The minimum atomic E-state index is -0.832. The third kappa shape index (κ3) is 3.37. The van der Waals surface area contributed by atoms with E-state index in [0.29, 0.717) is 23.6 Å². The normalized spacial score (nSPS) is 22.0. The van der Waals surface area contributed by atoms with Crippen LogP contribution >= 0.6 is 11.6 Å². The number of hydrogen-bond donors (Lipinski definition) is 3. The van der Waals surface area contributed by atoms with Crippen LogP contribution in [-0.4, -0.2) is 40.8 Å². The van der Waals surface area contributed by atoms with E-state index in [1.807, 2.05) is 31.3 Å². The molecule has 124 valence electrons. The summed E-state index contributed by atoms with van der Waals surface area (Å²) in [4.78, 5) is 12.5. The number of amides is 1. The first kappa shape index (κ1) is 16.3. The SMILES string of the molecule is Cn1c(C(=O)NCC2(O)CCCNCC2)cc2cccc(Cl)c21. The van der Waals surface area contributed by atoms with Crippen molar-refractivity contribution in [2.24, 2.45) is 7.05 Å². The molecule has 3 N–H and O–H groups in total. The average molecular weight is 336 g/mol. The second-order valence-corrected chi connectivity index (χ2v) is 6.68. The van der Waals surface area contributed by atoms with Crippen molar-refractivity contribution >= 4 is 28.4 Å². The summed E-state index contributed by atoms with van der Waals surface area (Å²) in [6, 6.07) is 7.44. The monoisotopic (exact) mass is 335 g/mol. The fraction of sp³-hybridized carbons (Fsp3) is 0.471. The molecule has 1 amide bonds. The predicted octanol–water partition coefficient (Wildman–Crippen LogP) is 2.07. The van der Waals surface area contributed by atoms with Crippen molar-refractivity contribution < 1.29 is 9.90 Å². The molecule has 1 aliphatic rings. The molecule has 1 aromatic heterocycles. The number of aliphatic hydroxyl groups is 1. The number of hydrogen-bond acceptors (Lipinski definition) is 3. The Labute approximate surface area is 140 Å². The first-order valence-corrected chi connectivity index (χ1v) is 8.33. The minimum Gasteiger partial charge on any atom is -0.388 e. The minimum absolute atomic E-state index is 0.189. The topological polar surface area (TPSA) is 66.3 Å². The Morgan fingerprint density at radius 3 is 3.04 bits per heavy atom. The lowest BCUT2D eigenvalue weighted by molar-refractivity contribution is 0.0274. The van der Waals surface area contributed by atoms with Crippen molar-refractivity contribution in [2.45, 2.75) is 24.9 Å². The van der Waals surface area contributed by atoms with Gasteiger partial charge in [0.15, 0.2) is 0 Å².